The van der Waals surface area contributed by atoms with Crippen LogP contribution in [0.1, 0.15) is 46.0 Å². The van der Waals surface area contributed by atoms with E-state index in [9.17, 15) is 19.3 Å². The van der Waals surface area contributed by atoms with E-state index in [0.717, 1.165) is 18.9 Å². The molecule has 9 heteroatoms. The molecule has 1 N–H and O–H groups in total. The molecule has 3 unspecified atom stereocenters. The van der Waals surface area contributed by atoms with Gasteiger partial charge in [0.2, 0.25) is 0 Å². The highest BCUT2D eigenvalue weighted by atomic mass is 16.6. The summed E-state index contributed by atoms with van der Waals surface area (Å²) in [6.07, 6.45) is 2.67. The van der Waals surface area contributed by atoms with Crippen molar-refractivity contribution in [3.05, 3.63) is 17.6 Å². The van der Waals surface area contributed by atoms with Crippen LogP contribution in [0.5, 0.6) is 0 Å². The van der Waals surface area contributed by atoms with Crippen LogP contribution >= 0.6 is 0 Å². The minimum Gasteiger partial charge on any atom is -0.463 e. The summed E-state index contributed by atoms with van der Waals surface area (Å²) in [6.45, 7) is 6.05. The Morgan fingerprint density at radius 3 is 2.48 bits per heavy atom. The second-order valence-electron chi connectivity index (χ2n) is 5.99. The van der Waals surface area contributed by atoms with Crippen molar-refractivity contribution in [2.75, 3.05) is 19.8 Å². The van der Waals surface area contributed by atoms with Gasteiger partial charge in [-0.2, -0.15) is 4.91 Å². The monoisotopic (exact) mass is 387 g/mol. The van der Waals surface area contributed by atoms with Gasteiger partial charge in [-0.25, -0.2) is 4.79 Å². The standard InChI is InChI=1S/C18H29NO8/c1-4-6-8-15(18(23)26-12-14(11-20)19-24)13(3)27-17(22)9-7-10-25-16(21)5-2/h5,13-15,20H,2,4,6-12H2,1,3H3. The van der Waals surface area contributed by atoms with Crippen molar-refractivity contribution in [1.29, 1.82) is 0 Å². The maximum absolute atomic E-state index is 12.3. The molecule has 0 radical (unpaired) electrons. The van der Waals surface area contributed by atoms with Crippen LogP contribution in [-0.2, 0) is 28.6 Å². The van der Waals surface area contributed by atoms with Crippen LogP contribution in [0.15, 0.2) is 17.8 Å². The molecule has 0 saturated heterocycles. The van der Waals surface area contributed by atoms with Crippen LogP contribution in [0.3, 0.4) is 0 Å². The van der Waals surface area contributed by atoms with Gasteiger partial charge in [0.25, 0.3) is 0 Å². The van der Waals surface area contributed by atoms with E-state index in [2.05, 4.69) is 11.8 Å². The minimum absolute atomic E-state index is 0.0337. The van der Waals surface area contributed by atoms with E-state index in [0.29, 0.717) is 12.8 Å². The van der Waals surface area contributed by atoms with Gasteiger partial charge in [0.15, 0.2) is 0 Å². The molecular formula is C18H29NO8. The number of rotatable bonds is 15. The smallest absolute Gasteiger partial charge is 0.330 e. The van der Waals surface area contributed by atoms with Gasteiger partial charge in [0.1, 0.15) is 18.8 Å². The third-order valence-electron chi connectivity index (χ3n) is 3.77. The fraction of sp³-hybridized carbons (Fsp3) is 0.722. The lowest BCUT2D eigenvalue weighted by molar-refractivity contribution is -0.162. The summed E-state index contributed by atoms with van der Waals surface area (Å²) >= 11 is 0. The quantitative estimate of drug-likeness (QED) is 0.148. The third-order valence-corrected chi connectivity index (χ3v) is 3.77. The molecule has 0 heterocycles. The number of hydrogen-bond acceptors (Lipinski definition) is 9. The number of esters is 3. The van der Waals surface area contributed by atoms with Crippen molar-refractivity contribution in [2.24, 2.45) is 11.1 Å². The molecule has 0 aliphatic heterocycles. The van der Waals surface area contributed by atoms with Gasteiger partial charge >= 0.3 is 17.9 Å². The third kappa shape index (κ3) is 11.1. The number of nitroso groups, excluding NO2 is 1. The molecular weight excluding hydrogens is 358 g/mol. The first-order chi connectivity index (χ1) is 12.9. The molecule has 0 rings (SSSR count). The molecule has 0 aromatic rings. The molecule has 0 amide bonds. The maximum Gasteiger partial charge on any atom is 0.330 e. The summed E-state index contributed by atoms with van der Waals surface area (Å²) in [4.78, 5) is 45.5. The Labute approximate surface area is 159 Å². The van der Waals surface area contributed by atoms with E-state index in [1.54, 1.807) is 6.92 Å². The Balaban J connectivity index is 4.53. The SMILES string of the molecule is C=CC(=O)OCCCC(=O)OC(C)C(CCCC)C(=O)OCC(CO)N=O. The van der Waals surface area contributed by atoms with Crippen molar-refractivity contribution in [2.45, 2.75) is 58.1 Å². The van der Waals surface area contributed by atoms with E-state index in [4.69, 9.17) is 19.3 Å². The van der Waals surface area contributed by atoms with Gasteiger partial charge < -0.3 is 19.3 Å². The predicted molar refractivity (Wildman–Crippen MR) is 96.6 cm³/mol. The van der Waals surface area contributed by atoms with Gasteiger partial charge in [-0.05, 0) is 19.8 Å². The topological polar surface area (TPSA) is 129 Å². The van der Waals surface area contributed by atoms with E-state index in [1.165, 1.54) is 0 Å². The molecule has 0 bridgehead atoms. The molecule has 3 atom stereocenters. The Kier molecular flexibility index (Phi) is 13.6. The maximum atomic E-state index is 12.3. The van der Waals surface area contributed by atoms with Crippen molar-refractivity contribution >= 4 is 17.9 Å². The summed E-state index contributed by atoms with van der Waals surface area (Å²) in [7, 11) is 0. The number of aliphatic hydroxyl groups is 1. The zero-order valence-electron chi connectivity index (χ0n) is 15.9. The highest BCUT2D eigenvalue weighted by Crippen LogP contribution is 2.19. The van der Waals surface area contributed by atoms with Crippen molar-refractivity contribution in [1.82, 2.24) is 0 Å². The highest BCUT2D eigenvalue weighted by Gasteiger charge is 2.29. The summed E-state index contributed by atoms with van der Waals surface area (Å²) in [5.41, 5.74) is 0. The highest BCUT2D eigenvalue weighted by molar-refractivity contribution is 5.81. The molecule has 0 aromatic heterocycles. The lowest BCUT2D eigenvalue weighted by Crippen LogP contribution is -2.33. The van der Waals surface area contributed by atoms with Crippen molar-refractivity contribution in [3.63, 3.8) is 0 Å². The van der Waals surface area contributed by atoms with Crippen LogP contribution in [0.4, 0.5) is 0 Å². The number of unbranched alkanes of at least 4 members (excludes halogenated alkanes) is 1. The van der Waals surface area contributed by atoms with Crippen LogP contribution in [0, 0.1) is 10.8 Å². The Morgan fingerprint density at radius 1 is 1.22 bits per heavy atom. The van der Waals surface area contributed by atoms with Crippen LogP contribution in [-0.4, -0.2) is 55.0 Å². The zero-order valence-corrected chi connectivity index (χ0v) is 15.9. The van der Waals surface area contributed by atoms with Crippen molar-refractivity contribution < 1.29 is 33.7 Å². The molecule has 0 aromatic carbocycles. The van der Waals surface area contributed by atoms with Gasteiger partial charge in [-0.15, -0.1) is 0 Å². The first kappa shape index (κ1) is 24.7. The lowest BCUT2D eigenvalue weighted by Gasteiger charge is -2.23. The van der Waals surface area contributed by atoms with Gasteiger partial charge in [-0.1, -0.05) is 31.5 Å². The second kappa shape index (κ2) is 14.8. The molecule has 27 heavy (non-hydrogen) atoms. The number of ether oxygens (including phenoxy) is 3. The zero-order chi connectivity index (χ0) is 20.7. The summed E-state index contributed by atoms with van der Waals surface area (Å²) in [6, 6.07) is -1.02. The molecule has 0 saturated carbocycles. The molecule has 0 fully saturated rings. The van der Waals surface area contributed by atoms with Gasteiger partial charge in [0.05, 0.1) is 19.1 Å². The Hall–Kier alpha value is -2.29. The van der Waals surface area contributed by atoms with Gasteiger partial charge in [-0.3, -0.25) is 9.59 Å². The van der Waals surface area contributed by atoms with Crippen LogP contribution < -0.4 is 0 Å². The fourth-order valence-electron chi connectivity index (χ4n) is 2.17. The van der Waals surface area contributed by atoms with Crippen LogP contribution in [0.2, 0.25) is 0 Å². The van der Waals surface area contributed by atoms with E-state index in [-0.39, 0.29) is 19.6 Å². The number of hydrogen-bond donors (Lipinski definition) is 1. The number of carbonyl (C=O) groups excluding carboxylic acids is 3. The Morgan fingerprint density at radius 2 is 1.93 bits per heavy atom. The van der Waals surface area contributed by atoms with Crippen LogP contribution in [0.25, 0.3) is 0 Å². The first-order valence-electron chi connectivity index (χ1n) is 8.98. The molecule has 0 aliphatic carbocycles. The average molecular weight is 387 g/mol. The van der Waals surface area contributed by atoms with E-state index in [1.807, 2.05) is 6.92 Å². The second-order valence-corrected chi connectivity index (χ2v) is 5.99. The average Bonchev–Trinajstić information content (AvgIpc) is 2.66. The van der Waals surface area contributed by atoms with E-state index >= 15 is 0 Å². The molecule has 9 nitrogen and oxygen atoms in total. The summed E-state index contributed by atoms with van der Waals surface area (Å²) in [5, 5.41) is 11.6. The lowest BCUT2D eigenvalue weighted by atomic mass is 9.97. The predicted octanol–water partition coefficient (Wildman–Crippen LogP) is 1.90. The summed E-state index contributed by atoms with van der Waals surface area (Å²) < 4.78 is 15.1. The fourth-order valence-corrected chi connectivity index (χ4v) is 2.17. The first-order valence-corrected chi connectivity index (χ1v) is 8.98. The summed E-state index contributed by atoms with van der Waals surface area (Å²) in [5.74, 6) is -2.37. The number of aliphatic hydroxyl groups excluding tert-OH is 1. The number of carbonyl (C=O) groups is 3. The minimum atomic E-state index is -1.02. The Bertz CT molecular complexity index is 494. The largest absolute Gasteiger partial charge is 0.463 e. The normalized spacial score (nSPS) is 13.7. The molecule has 0 aliphatic rings. The number of nitrogens with zero attached hydrogens (tertiary/aromatic N) is 1. The molecule has 154 valence electrons. The van der Waals surface area contributed by atoms with Crippen molar-refractivity contribution in [3.8, 4) is 0 Å². The molecule has 0 spiro atoms. The van der Waals surface area contributed by atoms with Gasteiger partial charge in [0, 0.05) is 12.5 Å². The van der Waals surface area contributed by atoms with E-state index < -0.39 is 42.6 Å².